The molecule has 1 aromatic rings. The number of likely N-dealkylation sites (N-methyl/N-ethyl adjacent to an activating group) is 1. The monoisotopic (exact) mass is 210 g/mol. The molecular formula is C10H18N4O. The molecule has 1 aliphatic heterocycles. The van der Waals surface area contributed by atoms with Crippen LogP contribution >= 0.6 is 0 Å². The lowest BCUT2D eigenvalue weighted by Gasteiger charge is -2.31. The van der Waals surface area contributed by atoms with E-state index in [4.69, 9.17) is 4.74 Å². The van der Waals surface area contributed by atoms with Crippen molar-refractivity contribution >= 4 is 0 Å². The molecule has 0 spiro atoms. The molecule has 2 heterocycles. The van der Waals surface area contributed by atoms with Gasteiger partial charge < -0.3 is 10.1 Å². The van der Waals surface area contributed by atoms with Gasteiger partial charge in [0.05, 0.1) is 12.6 Å². The number of aryl methyl sites for hydroxylation is 2. The Morgan fingerprint density at radius 3 is 2.87 bits per heavy atom. The zero-order valence-corrected chi connectivity index (χ0v) is 9.53. The molecule has 0 radical (unpaired) electrons. The fourth-order valence-electron chi connectivity index (χ4n) is 2.15. The summed E-state index contributed by atoms with van der Waals surface area (Å²) in [4.78, 5) is 4.32. The molecule has 5 heteroatoms. The molecule has 1 aromatic heterocycles. The van der Waals surface area contributed by atoms with Crippen molar-refractivity contribution in [3.63, 3.8) is 0 Å². The Hall–Kier alpha value is -0.940. The molecular weight excluding hydrogens is 192 g/mol. The molecule has 2 unspecified atom stereocenters. The topological polar surface area (TPSA) is 52.0 Å². The van der Waals surface area contributed by atoms with Crippen LogP contribution in [0.3, 0.4) is 0 Å². The molecule has 0 aromatic carbocycles. The van der Waals surface area contributed by atoms with Gasteiger partial charge in [0.1, 0.15) is 11.6 Å². The number of nitrogens with zero attached hydrogens (tertiary/aromatic N) is 3. The largest absolute Gasteiger partial charge is 0.379 e. The Morgan fingerprint density at radius 1 is 1.47 bits per heavy atom. The van der Waals surface area contributed by atoms with Gasteiger partial charge in [-0.05, 0) is 27.3 Å². The average molecular weight is 210 g/mol. The number of ether oxygens (including phenoxy) is 1. The third-order valence-corrected chi connectivity index (χ3v) is 2.92. The second-order valence-corrected chi connectivity index (χ2v) is 3.98. The summed E-state index contributed by atoms with van der Waals surface area (Å²) in [7, 11) is 1.99. The predicted molar refractivity (Wildman–Crippen MR) is 56.8 cm³/mol. The van der Waals surface area contributed by atoms with E-state index in [9.17, 15) is 0 Å². The minimum atomic E-state index is 0.268. The number of nitrogens with one attached hydrogen (secondary N) is 1. The lowest BCUT2D eigenvalue weighted by molar-refractivity contribution is 0.0336. The van der Waals surface area contributed by atoms with Gasteiger partial charge in [0.2, 0.25) is 0 Å². The molecule has 0 bridgehead atoms. The van der Waals surface area contributed by atoms with Gasteiger partial charge >= 0.3 is 0 Å². The van der Waals surface area contributed by atoms with Gasteiger partial charge in [-0.2, -0.15) is 5.10 Å². The van der Waals surface area contributed by atoms with Crippen molar-refractivity contribution in [1.29, 1.82) is 0 Å². The van der Waals surface area contributed by atoms with Crippen LogP contribution in [0.5, 0.6) is 0 Å². The Kier molecular flexibility index (Phi) is 3.02. The fraction of sp³-hybridized carbons (Fsp3) is 0.800. The van der Waals surface area contributed by atoms with Crippen LogP contribution in [0.4, 0.5) is 0 Å². The first-order chi connectivity index (χ1) is 7.22. The Balaban J connectivity index is 2.23. The third kappa shape index (κ3) is 2.03. The minimum absolute atomic E-state index is 0.268. The molecule has 1 N–H and O–H groups in total. The number of aromatic nitrogens is 3. The summed E-state index contributed by atoms with van der Waals surface area (Å²) in [5.41, 5.74) is 0. The fourth-order valence-corrected chi connectivity index (χ4v) is 2.15. The van der Waals surface area contributed by atoms with E-state index in [-0.39, 0.29) is 6.04 Å². The SMILES string of the molecule is CNC1CCOCC1n1nc(C)nc1C. The summed E-state index contributed by atoms with van der Waals surface area (Å²) < 4.78 is 7.49. The van der Waals surface area contributed by atoms with E-state index in [1.165, 1.54) is 0 Å². The van der Waals surface area contributed by atoms with Gasteiger partial charge in [-0.25, -0.2) is 9.67 Å². The zero-order chi connectivity index (χ0) is 10.8. The summed E-state index contributed by atoms with van der Waals surface area (Å²) in [6.07, 6.45) is 1.03. The highest BCUT2D eigenvalue weighted by Crippen LogP contribution is 2.20. The van der Waals surface area contributed by atoms with Gasteiger partial charge in [0.25, 0.3) is 0 Å². The van der Waals surface area contributed by atoms with Crippen molar-refractivity contribution in [1.82, 2.24) is 20.1 Å². The van der Waals surface area contributed by atoms with Crippen LogP contribution in [0.15, 0.2) is 0 Å². The van der Waals surface area contributed by atoms with Crippen molar-refractivity contribution in [3.8, 4) is 0 Å². The minimum Gasteiger partial charge on any atom is -0.379 e. The van der Waals surface area contributed by atoms with Crippen molar-refractivity contribution < 1.29 is 4.74 Å². The number of hydrogen-bond donors (Lipinski definition) is 1. The van der Waals surface area contributed by atoms with E-state index in [1.807, 2.05) is 25.6 Å². The standard InChI is InChI=1S/C10H18N4O/c1-7-12-8(2)14(13-7)10-6-15-5-4-9(10)11-3/h9-11H,4-6H2,1-3H3. The Bertz CT molecular complexity index is 336. The lowest BCUT2D eigenvalue weighted by Crippen LogP contribution is -2.43. The maximum Gasteiger partial charge on any atom is 0.147 e. The molecule has 1 aliphatic rings. The molecule has 1 saturated heterocycles. The van der Waals surface area contributed by atoms with Crippen LogP contribution in [0, 0.1) is 13.8 Å². The molecule has 15 heavy (non-hydrogen) atoms. The molecule has 0 aliphatic carbocycles. The Morgan fingerprint density at radius 2 is 2.27 bits per heavy atom. The van der Waals surface area contributed by atoms with Crippen molar-refractivity contribution in [2.24, 2.45) is 0 Å². The van der Waals surface area contributed by atoms with Crippen LogP contribution < -0.4 is 5.32 Å². The highest BCUT2D eigenvalue weighted by Gasteiger charge is 2.27. The van der Waals surface area contributed by atoms with Crippen molar-refractivity contribution in [2.45, 2.75) is 32.4 Å². The summed E-state index contributed by atoms with van der Waals surface area (Å²) in [6.45, 7) is 5.45. The summed E-state index contributed by atoms with van der Waals surface area (Å²) in [5, 5.41) is 7.74. The van der Waals surface area contributed by atoms with Gasteiger partial charge in [-0.3, -0.25) is 0 Å². The third-order valence-electron chi connectivity index (χ3n) is 2.92. The van der Waals surface area contributed by atoms with Crippen LogP contribution in [0.1, 0.15) is 24.1 Å². The van der Waals surface area contributed by atoms with E-state index in [2.05, 4.69) is 15.4 Å². The van der Waals surface area contributed by atoms with Crippen molar-refractivity contribution in [2.75, 3.05) is 20.3 Å². The summed E-state index contributed by atoms with van der Waals surface area (Å²) in [6, 6.07) is 0.698. The molecule has 2 rings (SSSR count). The normalized spacial score (nSPS) is 26.9. The average Bonchev–Trinajstić information content (AvgIpc) is 2.57. The van der Waals surface area contributed by atoms with E-state index in [0.29, 0.717) is 6.04 Å². The number of hydrogen-bond acceptors (Lipinski definition) is 4. The lowest BCUT2D eigenvalue weighted by atomic mass is 10.0. The van der Waals surface area contributed by atoms with E-state index < -0.39 is 0 Å². The zero-order valence-electron chi connectivity index (χ0n) is 9.53. The van der Waals surface area contributed by atoms with Gasteiger partial charge in [0, 0.05) is 12.6 Å². The second kappa shape index (κ2) is 4.28. The molecule has 0 amide bonds. The second-order valence-electron chi connectivity index (χ2n) is 3.98. The van der Waals surface area contributed by atoms with Crippen LogP contribution in [0.2, 0.25) is 0 Å². The van der Waals surface area contributed by atoms with E-state index in [1.54, 1.807) is 0 Å². The first-order valence-corrected chi connectivity index (χ1v) is 5.37. The molecule has 0 saturated carbocycles. The first-order valence-electron chi connectivity index (χ1n) is 5.37. The molecule has 2 atom stereocenters. The predicted octanol–water partition coefficient (Wildman–Crippen LogP) is 0.444. The van der Waals surface area contributed by atoms with Crippen LogP contribution in [-0.4, -0.2) is 41.1 Å². The van der Waals surface area contributed by atoms with Crippen LogP contribution in [-0.2, 0) is 4.74 Å². The maximum atomic E-state index is 5.50. The van der Waals surface area contributed by atoms with Gasteiger partial charge in [-0.1, -0.05) is 0 Å². The smallest absolute Gasteiger partial charge is 0.147 e. The summed E-state index contributed by atoms with van der Waals surface area (Å²) >= 11 is 0. The highest BCUT2D eigenvalue weighted by atomic mass is 16.5. The Labute approximate surface area is 89.8 Å². The molecule has 5 nitrogen and oxygen atoms in total. The first kappa shape index (κ1) is 10.6. The van der Waals surface area contributed by atoms with Gasteiger partial charge in [0.15, 0.2) is 0 Å². The van der Waals surface area contributed by atoms with E-state index in [0.717, 1.165) is 31.3 Å². The quantitative estimate of drug-likeness (QED) is 0.769. The molecule has 1 fully saturated rings. The molecule has 84 valence electrons. The summed E-state index contributed by atoms with van der Waals surface area (Å²) in [5.74, 6) is 1.79. The van der Waals surface area contributed by atoms with Crippen molar-refractivity contribution in [3.05, 3.63) is 11.6 Å². The van der Waals surface area contributed by atoms with E-state index >= 15 is 0 Å². The van der Waals surface area contributed by atoms with Gasteiger partial charge in [-0.15, -0.1) is 0 Å². The van der Waals surface area contributed by atoms with Crippen LogP contribution in [0.25, 0.3) is 0 Å². The highest BCUT2D eigenvalue weighted by molar-refractivity contribution is 4.94. The number of rotatable bonds is 2. The maximum absolute atomic E-state index is 5.50.